The van der Waals surface area contributed by atoms with E-state index >= 15 is 0 Å². The lowest BCUT2D eigenvalue weighted by Crippen LogP contribution is -2.46. The number of fused-ring (bicyclic) bond motifs is 1. The second-order valence-electron chi connectivity index (χ2n) is 5.99. The molecule has 1 aromatic carbocycles. The number of para-hydroxylation sites is 2. The summed E-state index contributed by atoms with van der Waals surface area (Å²) >= 11 is 0. The molecule has 6 heteroatoms. The molecule has 2 heterocycles. The average molecular weight is 309 g/mol. The molecule has 0 spiro atoms. The largest absolute Gasteiger partial charge is 0.373 e. The molecule has 0 saturated carbocycles. The van der Waals surface area contributed by atoms with Gasteiger partial charge in [-0.05, 0) is 32.9 Å². The van der Waals surface area contributed by atoms with Gasteiger partial charge in [0.15, 0.2) is 0 Å². The second kappa shape index (κ2) is 5.93. The quantitative estimate of drug-likeness (QED) is 0.868. The highest BCUT2D eigenvalue weighted by atomic mass is 19.3. The molecule has 0 unspecified atom stereocenters. The minimum Gasteiger partial charge on any atom is -0.373 e. The fourth-order valence-corrected chi connectivity index (χ4v) is 3.26. The first-order chi connectivity index (χ1) is 10.5. The van der Waals surface area contributed by atoms with E-state index in [0.29, 0.717) is 16.9 Å². The molecule has 0 N–H and O–H groups in total. The van der Waals surface area contributed by atoms with Gasteiger partial charge in [0, 0.05) is 13.1 Å². The Morgan fingerprint density at radius 1 is 1.18 bits per heavy atom. The molecule has 3 rings (SSSR count). The van der Waals surface area contributed by atoms with Gasteiger partial charge in [0.25, 0.3) is 0 Å². The van der Waals surface area contributed by atoms with E-state index in [2.05, 4.69) is 9.88 Å². The van der Waals surface area contributed by atoms with E-state index in [1.54, 1.807) is 18.2 Å². The first kappa shape index (κ1) is 15.4. The molecular formula is C16H21F2N3O. The van der Waals surface area contributed by atoms with Crippen LogP contribution in [-0.2, 0) is 4.74 Å². The van der Waals surface area contributed by atoms with Gasteiger partial charge in [-0.1, -0.05) is 12.1 Å². The summed E-state index contributed by atoms with van der Waals surface area (Å²) in [5.41, 5.74) is 1.09. The van der Waals surface area contributed by atoms with E-state index in [4.69, 9.17) is 4.74 Å². The van der Waals surface area contributed by atoms with Gasteiger partial charge in [-0.15, -0.1) is 0 Å². The standard InChI is InChI=1S/C16H21F2N3O/c1-10-8-20(9-11(2)22-10)12(3)15-19-13-6-4-5-7-14(13)21(15)16(17)18/h4-7,10-12,16H,8-9H2,1-3H3/t10-,11-,12-/m1/s1. The van der Waals surface area contributed by atoms with Crippen molar-refractivity contribution in [2.45, 2.75) is 45.6 Å². The van der Waals surface area contributed by atoms with E-state index in [0.717, 1.165) is 17.7 Å². The highest BCUT2D eigenvalue weighted by Crippen LogP contribution is 2.30. The van der Waals surface area contributed by atoms with Crippen LogP contribution in [0.25, 0.3) is 11.0 Å². The Balaban J connectivity index is 1.99. The van der Waals surface area contributed by atoms with Crippen LogP contribution in [0.1, 0.15) is 39.2 Å². The van der Waals surface area contributed by atoms with Crippen LogP contribution in [0.3, 0.4) is 0 Å². The summed E-state index contributed by atoms with van der Waals surface area (Å²) in [4.78, 5) is 6.63. The molecule has 3 atom stereocenters. The van der Waals surface area contributed by atoms with E-state index in [9.17, 15) is 8.78 Å². The SMILES string of the molecule is C[C@@H]1CN([C@H](C)c2nc3ccccc3n2C(F)F)C[C@@H](C)O1. The smallest absolute Gasteiger partial charge is 0.320 e. The maximum Gasteiger partial charge on any atom is 0.320 e. The fraction of sp³-hybridized carbons (Fsp3) is 0.562. The van der Waals surface area contributed by atoms with Crippen molar-refractivity contribution in [2.75, 3.05) is 13.1 Å². The molecule has 1 aromatic heterocycles. The summed E-state index contributed by atoms with van der Waals surface area (Å²) in [6.45, 7) is 4.79. The summed E-state index contributed by atoms with van der Waals surface area (Å²) < 4.78 is 33.9. The lowest BCUT2D eigenvalue weighted by atomic mass is 10.1. The van der Waals surface area contributed by atoms with Crippen molar-refractivity contribution >= 4 is 11.0 Å². The molecule has 0 bridgehead atoms. The van der Waals surface area contributed by atoms with Crippen LogP contribution in [0.2, 0.25) is 0 Å². The molecule has 1 aliphatic rings. The molecule has 1 fully saturated rings. The van der Waals surface area contributed by atoms with Crippen molar-refractivity contribution in [3.8, 4) is 0 Å². The first-order valence-electron chi connectivity index (χ1n) is 7.62. The second-order valence-corrected chi connectivity index (χ2v) is 5.99. The summed E-state index contributed by atoms with van der Waals surface area (Å²) in [5.74, 6) is 0.414. The predicted octanol–water partition coefficient (Wildman–Crippen LogP) is 3.60. The predicted molar refractivity (Wildman–Crippen MR) is 81.0 cm³/mol. The van der Waals surface area contributed by atoms with Crippen LogP contribution in [0.5, 0.6) is 0 Å². The number of halogens is 2. The normalized spacial score (nSPS) is 25.0. The number of benzene rings is 1. The van der Waals surface area contributed by atoms with Gasteiger partial charge in [0.1, 0.15) is 5.82 Å². The molecular weight excluding hydrogens is 288 g/mol. The zero-order chi connectivity index (χ0) is 15.9. The topological polar surface area (TPSA) is 30.3 Å². The van der Waals surface area contributed by atoms with E-state index in [-0.39, 0.29) is 18.2 Å². The van der Waals surface area contributed by atoms with Crippen molar-refractivity contribution in [3.05, 3.63) is 30.1 Å². The Morgan fingerprint density at radius 3 is 2.45 bits per heavy atom. The van der Waals surface area contributed by atoms with Gasteiger partial charge in [0.2, 0.25) is 0 Å². The van der Waals surface area contributed by atoms with Crippen molar-refractivity contribution in [2.24, 2.45) is 0 Å². The Morgan fingerprint density at radius 2 is 1.82 bits per heavy atom. The van der Waals surface area contributed by atoms with Gasteiger partial charge < -0.3 is 4.74 Å². The third kappa shape index (κ3) is 2.73. The highest BCUT2D eigenvalue weighted by Gasteiger charge is 2.30. The average Bonchev–Trinajstić information content (AvgIpc) is 2.84. The first-order valence-corrected chi connectivity index (χ1v) is 7.62. The van der Waals surface area contributed by atoms with Crippen LogP contribution in [0.15, 0.2) is 24.3 Å². The Labute approximate surface area is 128 Å². The highest BCUT2D eigenvalue weighted by molar-refractivity contribution is 5.76. The van der Waals surface area contributed by atoms with Crippen molar-refractivity contribution in [3.63, 3.8) is 0 Å². The van der Waals surface area contributed by atoms with Crippen molar-refractivity contribution < 1.29 is 13.5 Å². The number of alkyl halides is 2. The van der Waals surface area contributed by atoms with Crippen LogP contribution in [0.4, 0.5) is 8.78 Å². The van der Waals surface area contributed by atoms with Crippen molar-refractivity contribution in [1.82, 2.24) is 14.5 Å². The van der Waals surface area contributed by atoms with E-state index < -0.39 is 6.55 Å². The molecule has 0 amide bonds. The monoisotopic (exact) mass is 309 g/mol. The number of hydrogen-bond donors (Lipinski definition) is 0. The molecule has 2 aromatic rings. The van der Waals surface area contributed by atoms with Crippen LogP contribution >= 0.6 is 0 Å². The molecule has 1 saturated heterocycles. The lowest BCUT2D eigenvalue weighted by Gasteiger charge is -2.38. The lowest BCUT2D eigenvalue weighted by molar-refractivity contribution is -0.0809. The molecule has 0 aliphatic carbocycles. The fourth-order valence-electron chi connectivity index (χ4n) is 3.26. The van der Waals surface area contributed by atoms with E-state index in [1.807, 2.05) is 26.8 Å². The van der Waals surface area contributed by atoms with Crippen LogP contribution < -0.4 is 0 Å². The number of imidazole rings is 1. The summed E-state index contributed by atoms with van der Waals surface area (Å²) in [5, 5.41) is 0. The molecule has 1 aliphatic heterocycles. The number of ether oxygens (including phenoxy) is 1. The van der Waals surface area contributed by atoms with Crippen LogP contribution in [0, 0.1) is 0 Å². The maximum atomic E-state index is 13.6. The van der Waals surface area contributed by atoms with E-state index in [1.165, 1.54) is 0 Å². The minimum atomic E-state index is -2.60. The molecule has 120 valence electrons. The third-order valence-electron chi connectivity index (χ3n) is 4.19. The summed E-state index contributed by atoms with van der Waals surface area (Å²) in [6, 6.07) is 6.86. The molecule has 0 radical (unpaired) electrons. The third-order valence-corrected chi connectivity index (χ3v) is 4.19. The Hall–Kier alpha value is -1.53. The number of nitrogens with zero attached hydrogens (tertiary/aromatic N) is 3. The van der Waals surface area contributed by atoms with Gasteiger partial charge >= 0.3 is 6.55 Å². The van der Waals surface area contributed by atoms with Gasteiger partial charge in [-0.2, -0.15) is 8.78 Å². The molecule has 22 heavy (non-hydrogen) atoms. The van der Waals surface area contributed by atoms with Gasteiger partial charge in [0.05, 0.1) is 29.3 Å². The molecule has 4 nitrogen and oxygen atoms in total. The minimum absolute atomic E-state index is 0.0931. The Kier molecular flexibility index (Phi) is 4.14. The maximum absolute atomic E-state index is 13.6. The number of hydrogen-bond acceptors (Lipinski definition) is 3. The summed E-state index contributed by atoms with van der Waals surface area (Å²) in [7, 11) is 0. The summed E-state index contributed by atoms with van der Waals surface area (Å²) in [6.07, 6.45) is 0.186. The zero-order valence-corrected chi connectivity index (χ0v) is 13.0. The van der Waals surface area contributed by atoms with Gasteiger partial charge in [-0.25, -0.2) is 4.98 Å². The van der Waals surface area contributed by atoms with Crippen molar-refractivity contribution in [1.29, 1.82) is 0 Å². The number of morpholine rings is 1. The Bertz CT molecular complexity index is 648. The zero-order valence-electron chi connectivity index (χ0n) is 13.0. The number of rotatable bonds is 3. The van der Waals surface area contributed by atoms with Crippen LogP contribution in [-0.4, -0.2) is 39.7 Å². The van der Waals surface area contributed by atoms with Gasteiger partial charge in [-0.3, -0.25) is 9.47 Å². The number of aromatic nitrogens is 2.